The van der Waals surface area contributed by atoms with Crippen molar-refractivity contribution in [1.29, 1.82) is 0 Å². The fraction of sp³-hybridized carbons (Fsp3) is 0.556. The number of aliphatic hydroxyl groups excluding tert-OH is 1. The van der Waals surface area contributed by atoms with Crippen molar-refractivity contribution in [2.24, 2.45) is 5.41 Å². The van der Waals surface area contributed by atoms with Gasteiger partial charge in [0.25, 0.3) is 5.91 Å². The maximum absolute atomic E-state index is 14.2. The van der Waals surface area contributed by atoms with E-state index in [2.05, 4.69) is 5.32 Å². The van der Waals surface area contributed by atoms with Crippen molar-refractivity contribution in [2.75, 3.05) is 26.8 Å². The summed E-state index contributed by atoms with van der Waals surface area (Å²) in [6.45, 7) is 0.155. The van der Waals surface area contributed by atoms with Gasteiger partial charge in [-0.05, 0) is 18.9 Å². The summed E-state index contributed by atoms with van der Waals surface area (Å²) in [5, 5.41) is 12.3. The summed E-state index contributed by atoms with van der Waals surface area (Å²) in [4.78, 5) is 26.0. The van der Waals surface area contributed by atoms with Crippen molar-refractivity contribution < 1.29 is 23.8 Å². The van der Waals surface area contributed by atoms with Crippen LogP contribution in [0.3, 0.4) is 0 Å². The number of hydrogen-bond acceptors (Lipinski definition) is 4. The molecule has 2 fully saturated rings. The maximum Gasteiger partial charge on any atom is 0.251 e. The van der Waals surface area contributed by atoms with Gasteiger partial charge in [-0.3, -0.25) is 9.59 Å². The molecule has 0 spiro atoms. The Morgan fingerprint density at radius 1 is 1.44 bits per heavy atom. The number of rotatable bonds is 5. The number of carbonyl (C=O) groups is 2. The van der Waals surface area contributed by atoms with Crippen LogP contribution in [0.1, 0.15) is 30.9 Å². The number of ether oxygens (including phenoxy) is 1. The lowest BCUT2D eigenvalue weighted by molar-refractivity contribution is -0.162. The lowest BCUT2D eigenvalue weighted by Gasteiger charge is -2.42. The number of aliphatic hydroxyl groups is 1. The molecule has 6 nitrogen and oxygen atoms in total. The van der Waals surface area contributed by atoms with Crippen LogP contribution in [0.5, 0.6) is 0 Å². The number of carbonyl (C=O) groups excluding carboxylic acids is 2. The van der Waals surface area contributed by atoms with E-state index in [9.17, 15) is 19.1 Å². The molecule has 2 amide bonds. The molecule has 7 heteroatoms. The summed E-state index contributed by atoms with van der Waals surface area (Å²) in [6, 6.07) is 5.25. The lowest BCUT2D eigenvalue weighted by atomic mass is 9.69. The number of nitrogens with zero attached hydrogens (tertiary/aromatic N) is 1. The zero-order valence-corrected chi connectivity index (χ0v) is 14.2. The molecular formula is C18H23FN2O4. The standard InChI is InChI=1S/C18H23FN2O4/c1-21-14(23)9-25-16(15(21)12-5-2-3-6-13(12)19)17(24)20-10-18(11-22)7-4-8-18/h2-3,5-6,15-16,22H,4,7-11H2,1H3,(H,20,24)/t15-,16-/m0/s1. The number of benzene rings is 1. The molecule has 25 heavy (non-hydrogen) atoms. The van der Waals surface area contributed by atoms with Crippen molar-refractivity contribution in [3.63, 3.8) is 0 Å². The quantitative estimate of drug-likeness (QED) is 0.831. The molecule has 1 heterocycles. The van der Waals surface area contributed by atoms with Crippen LogP contribution >= 0.6 is 0 Å². The number of halogens is 1. The lowest BCUT2D eigenvalue weighted by Crippen LogP contribution is -2.55. The second-order valence-electron chi connectivity index (χ2n) is 6.93. The largest absolute Gasteiger partial charge is 0.396 e. The highest BCUT2D eigenvalue weighted by Gasteiger charge is 2.43. The smallest absolute Gasteiger partial charge is 0.251 e. The zero-order chi connectivity index (χ0) is 18.0. The minimum atomic E-state index is -0.990. The first-order valence-corrected chi connectivity index (χ1v) is 8.48. The Bertz CT molecular complexity index is 657. The molecule has 1 aliphatic heterocycles. The fourth-order valence-electron chi connectivity index (χ4n) is 3.46. The van der Waals surface area contributed by atoms with E-state index in [1.807, 2.05) is 0 Å². The van der Waals surface area contributed by atoms with E-state index in [1.165, 1.54) is 11.0 Å². The Morgan fingerprint density at radius 2 is 2.16 bits per heavy atom. The average molecular weight is 350 g/mol. The van der Waals surface area contributed by atoms with Gasteiger partial charge in [0.05, 0.1) is 12.6 Å². The van der Waals surface area contributed by atoms with Crippen molar-refractivity contribution >= 4 is 11.8 Å². The van der Waals surface area contributed by atoms with Crippen LogP contribution in [-0.4, -0.2) is 54.7 Å². The normalized spacial score (nSPS) is 25.4. The minimum absolute atomic E-state index is 0.0218. The number of hydrogen-bond donors (Lipinski definition) is 2. The third-order valence-electron chi connectivity index (χ3n) is 5.35. The molecule has 2 N–H and O–H groups in total. The van der Waals surface area contributed by atoms with Crippen molar-refractivity contribution in [3.8, 4) is 0 Å². The zero-order valence-electron chi connectivity index (χ0n) is 14.2. The van der Waals surface area contributed by atoms with Crippen molar-refractivity contribution in [2.45, 2.75) is 31.4 Å². The summed E-state index contributed by atoms with van der Waals surface area (Å²) >= 11 is 0. The first-order valence-electron chi connectivity index (χ1n) is 8.48. The third-order valence-corrected chi connectivity index (χ3v) is 5.35. The summed E-state index contributed by atoms with van der Waals surface area (Å²) in [7, 11) is 1.55. The Balaban J connectivity index is 1.78. The SMILES string of the molecule is CN1C(=O)CO[C@H](C(=O)NCC2(CO)CCC2)[C@@H]1c1ccccc1F. The van der Waals surface area contributed by atoms with E-state index >= 15 is 0 Å². The molecule has 1 aliphatic carbocycles. The Labute approximate surface area is 146 Å². The van der Waals surface area contributed by atoms with Crippen LogP contribution in [-0.2, 0) is 14.3 Å². The molecular weight excluding hydrogens is 327 g/mol. The summed E-state index contributed by atoms with van der Waals surface area (Å²) in [5.41, 5.74) is -0.0155. The first-order chi connectivity index (χ1) is 12.0. The van der Waals surface area contributed by atoms with Gasteiger partial charge >= 0.3 is 0 Å². The fourth-order valence-corrected chi connectivity index (χ4v) is 3.46. The van der Waals surface area contributed by atoms with Gasteiger partial charge in [-0.25, -0.2) is 4.39 Å². The maximum atomic E-state index is 14.2. The molecule has 3 rings (SSSR count). The molecule has 0 aromatic heterocycles. The molecule has 1 saturated heterocycles. The van der Waals surface area contributed by atoms with Gasteiger partial charge in [0, 0.05) is 24.6 Å². The molecule has 0 bridgehead atoms. The second-order valence-corrected chi connectivity index (χ2v) is 6.93. The van der Waals surface area contributed by atoms with Gasteiger partial charge in [0.1, 0.15) is 12.4 Å². The molecule has 136 valence electrons. The molecule has 0 radical (unpaired) electrons. The van der Waals surface area contributed by atoms with Gasteiger partial charge in [-0.2, -0.15) is 0 Å². The Kier molecular flexibility index (Phi) is 5.06. The van der Waals surface area contributed by atoms with Gasteiger partial charge in [0.2, 0.25) is 5.91 Å². The number of nitrogens with one attached hydrogen (secondary N) is 1. The van der Waals surface area contributed by atoms with Crippen LogP contribution in [0.4, 0.5) is 4.39 Å². The Morgan fingerprint density at radius 3 is 2.76 bits per heavy atom. The molecule has 1 aromatic rings. The second kappa shape index (κ2) is 7.09. The van der Waals surface area contributed by atoms with Gasteiger partial charge in [-0.15, -0.1) is 0 Å². The average Bonchev–Trinajstić information content (AvgIpc) is 2.57. The van der Waals surface area contributed by atoms with E-state index in [1.54, 1.807) is 25.2 Å². The monoisotopic (exact) mass is 350 g/mol. The van der Waals surface area contributed by atoms with Crippen LogP contribution < -0.4 is 5.32 Å². The molecule has 2 aliphatic rings. The Hall–Kier alpha value is -1.99. The highest BCUT2D eigenvalue weighted by molar-refractivity contribution is 5.86. The molecule has 0 unspecified atom stereocenters. The van der Waals surface area contributed by atoms with E-state index < -0.39 is 23.9 Å². The number of amides is 2. The predicted molar refractivity (Wildman–Crippen MR) is 88.0 cm³/mol. The van der Waals surface area contributed by atoms with Crippen LogP contribution in [0, 0.1) is 11.2 Å². The van der Waals surface area contributed by atoms with Gasteiger partial charge in [0.15, 0.2) is 6.10 Å². The summed E-state index contributed by atoms with van der Waals surface area (Å²) < 4.78 is 19.7. The van der Waals surface area contributed by atoms with Crippen LogP contribution in [0.15, 0.2) is 24.3 Å². The number of likely N-dealkylation sites (N-methyl/N-ethyl adjacent to an activating group) is 1. The van der Waals surface area contributed by atoms with E-state index in [0.29, 0.717) is 6.54 Å². The molecule has 1 saturated carbocycles. The highest BCUT2D eigenvalue weighted by atomic mass is 19.1. The van der Waals surface area contributed by atoms with Gasteiger partial charge < -0.3 is 20.1 Å². The molecule has 2 atom stereocenters. The van der Waals surface area contributed by atoms with Crippen LogP contribution in [0.25, 0.3) is 0 Å². The number of morpholine rings is 1. The minimum Gasteiger partial charge on any atom is -0.396 e. The van der Waals surface area contributed by atoms with E-state index in [0.717, 1.165) is 19.3 Å². The third kappa shape index (κ3) is 3.39. The van der Waals surface area contributed by atoms with Crippen molar-refractivity contribution in [3.05, 3.63) is 35.6 Å². The van der Waals surface area contributed by atoms with Crippen molar-refractivity contribution in [1.82, 2.24) is 10.2 Å². The van der Waals surface area contributed by atoms with E-state index in [4.69, 9.17) is 4.74 Å². The summed E-state index contributed by atoms with van der Waals surface area (Å²) in [5.74, 6) is -1.18. The van der Waals surface area contributed by atoms with E-state index in [-0.39, 0.29) is 30.1 Å². The first kappa shape index (κ1) is 17.8. The topological polar surface area (TPSA) is 78.9 Å². The predicted octanol–water partition coefficient (Wildman–Crippen LogP) is 1.00. The molecule has 1 aromatic carbocycles. The summed E-state index contributed by atoms with van der Waals surface area (Å²) in [6.07, 6.45) is 1.77. The van der Waals surface area contributed by atoms with Gasteiger partial charge in [-0.1, -0.05) is 24.6 Å². The van der Waals surface area contributed by atoms with Crippen LogP contribution in [0.2, 0.25) is 0 Å². The highest BCUT2D eigenvalue weighted by Crippen LogP contribution is 2.40.